The van der Waals surface area contributed by atoms with Crippen LogP contribution in [0.4, 0.5) is 5.69 Å². The zero-order valence-corrected chi connectivity index (χ0v) is 14.8. The van der Waals surface area contributed by atoms with Gasteiger partial charge in [-0.15, -0.1) is 0 Å². The third-order valence-electron chi connectivity index (χ3n) is 3.86. The number of aromatic nitrogens is 3. The van der Waals surface area contributed by atoms with Crippen molar-refractivity contribution in [3.63, 3.8) is 0 Å². The maximum Gasteiger partial charge on any atom is 0.191 e. The molecular formula is C17H27N7. The Hall–Kier alpha value is -2.57. The van der Waals surface area contributed by atoms with Gasteiger partial charge in [-0.05, 0) is 18.1 Å². The van der Waals surface area contributed by atoms with Crippen LogP contribution in [0.25, 0.3) is 0 Å². The van der Waals surface area contributed by atoms with Gasteiger partial charge < -0.3 is 16.0 Å². The van der Waals surface area contributed by atoms with Crippen molar-refractivity contribution in [1.29, 1.82) is 0 Å². The molecule has 0 amide bonds. The van der Waals surface area contributed by atoms with Gasteiger partial charge in [-0.25, -0.2) is 4.98 Å². The van der Waals surface area contributed by atoms with Gasteiger partial charge in [0.1, 0.15) is 12.2 Å². The van der Waals surface area contributed by atoms with Crippen LogP contribution in [0.3, 0.4) is 0 Å². The molecule has 1 aromatic carbocycles. The average Bonchev–Trinajstić information content (AvgIpc) is 2.99. The number of guanidine groups is 1. The van der Waals surface area contributed by atoms with Crippen molar-refractivity contribution in [3.05, 3.63) is 42.5 Å². The monoisotopic (exact) mass is 329 g/mol. The van der Waals surface area contributed by atoms with Crippen molar-refractivity contribution in [2.75, 3.05) is 18.9 Å². The Labute approximate surface area is 143 Å². The highest BCUT2D eigenvalue weighted by Gasteiger charge is 2.14. The van der Waals surface area contributed by atoms with E-state index in [-0.39, 0.29) is 0 Å². The van der Waals surface area contributed by atoms with Crippen molar-refractivity contribution in [2.45, 2.75) is 26.4 Å². The molecule has 7 nitrogen and oxygen atoms in total. The molecule has 0 saturated carbocycles. The SMILES string of the molecule is CN=C(NCc1ncnn1C)NCC(Nc1ccccc1)C(C)C. The van der Waals surface area contributed by atoms with E-state index < -0.39 is 0 Å². The Kier molecular flexibility index (Phi) is 6.60. The number of rotatable bonds is 7. The topological polar surface area (TPSA) is 79.2 Å². The zero-order chi connectivity index (χ0) is 17.4. The summed E-state index contributed by atoms with van der Waals surface area (Å²) in [5, 5.41) is 14.3. The molecule has 1 atom stereocenters. The fourth-order valence-corrected chi connectivity index (χ4v) is 2.27. The summed E-state index contributed by atoms with van der Waals surface area (Å²) < 4.78 is 1.74. The molecule has 130 valence electrons. The first kappa shape index (κ1) is 17.8. The van der Waals surface area contributed by atoms with Crippen LogP contribution in [0, 0.1) is 5.92 Å². The molecule has 2 rings (SSSR count). The number of hydrogen-bond acceptors (Lipinski definition) is 4. The Bertz CT molecular complexity index is 633. The fourth-order valence-electron chi connectivity index (χ4n) is 2.27. The van der Waals surface area contributed by atoms with Crippen molar-refractivity contribution in [2.24, 2.45) is 18.0 Å². The third-order valence-corrected chi connectivity index (χ3v) is 3.86. The molecule has 0 bridgehead atoms. The summed E-state index contributed by atoms with van der Waals surface area (Å²) in [6.07, 6.45) is 1.55. The first-order chi connectivity index (χ1) is 11.6. The van der Waals surface area contributed by atoms with Gasteiger partial charge >= 0.3 is 0 Å². The van der Waals surface area contributed by atoms with Crippen LogP contribution in [-0.4, -0.2) is 40.4 Å². The Morgan fingerprint density at radius 2 is 1.96 bits per heavy atom. The molecule has 2 aromatic rings. The zero-order valence-electron chi connectivity index (χ0n) is 14.8. The Balaban J connectivity index is 1.86. The van der Waals surface area contributed by atoms with Gasteiger partial charge in [-0.2, -0.15) is 5.10 Å². The lowest BCUT2D eigenvalue weighted by Crippen LogP contribution is -2.44. The molecule has 1 unspecified atom stereocenters. The van der Waals surface area contributed by atoms with Crippen molar-refractivity contribution in [3.8, 4) is 0 Å². The van der Waals surface area contributed by atoms with Crippen molar-refractivity contribution < 1.29 is 0 Å². The van der Waals surface area contributed by atoms with E-state index in [0.717, 1.165) is 24.0 Å². The molecule has 0 saturated heterocycles. The van der Waals surface area contributed by atoms with Crippen molar-refractivity contribution in [1.82, 2.24) is 25.4 Å². The van der Waals surface area contributed by atoms with Crippen LogP contribution in [0.15, 0.2) is 41.7 Å². The van der Waals surface area contributed by atoms with Crippen LogP contribution in [0.1, 0.15) is 19.7 Å². The number of nitrogens with one attached hydrogen (secondary N) is 3. The van der Waals surface area contributed by atoms with Gasteiger partial charge in [-0.1, -0.05) is 32.0 Å². The largest absolute Gasteiger partial charge is 0.380 e. The molecule has 0 aliphatic rings. The first-order valence-corrected chi connectivity index (χ1v) is 8.19. The van der Waals surface area contributed by atoms with E-state index in [9.17, 15) is 0 Å². The highest BCUT2D eigenvalue weighted by molar-refractivity contribution is 5.79. The number of hydrogen-bond donors (Lipinski definition) is 3. The molecule has 0 radical (unpaired) electrons. The van der Waals surface area contributed by atoms with E-state index in [2.05, 4.69) is 57.0 Å². The first-order valence-electron chi connectivity index (χ1n) is 8.19. The van der Waals surface area contributed by atoms with Crippen LogP contribution >= 0.6 is 0 Å². The molecule has 0 fully saturated rings. The summed E-state index contributed by atoms with van der Waals surface area (Å²) in [6.45, 7) is 5.76. The van der Waals surface area contributed by atoms with Crippen LogP contribution < -0.4 is 16.0 Å². The predicted molar refractivity (Wildman–Crippen MR) is 97.9 cm³/mol. The number of aliphatic imine (C=N–C) groups is 1. The molecule has 7 heteroatoms. The molecule has 0 aliphatic carbocycles. The quantitative estimate of drug-likeness (QED) is 0.531. The standard InChI is InChI=1S/C17H27N7/c1-13(2)15(23-14-8-6-5-7-9-14)10-19-17(18-3)20-11-16-21-12-22-24(16)4/h5-9,12-13,15,23H,10-11H2,1-4H3,(H2,18,19,20). The second-order valence-electron chi connectivity index (χ2n) is 5.97. The number of anilines is 1. The summed E-state index contributed by atoms with van der Waals surface area (Å²) in [5.41, 5.74) is 1.13. The molecule has 24 heavy (non-hydrogen) atoms. The van der Waals surface area contributed by atoms with E-state index in [1.165, 1.54) is 0 Å². The summed E-state index contributed by atoms with van der Waals surface area (Å²) in [5.74, 6) is 2.09. The van der Waals surface area contributed by atoms with Crippen molar-refractivity contribution >= 4 is 11.6 Å². The lowest BCUT2D eigenvalue weighted by atomic mass is 10.0. The number of para-hydroxylation sites is 1. The number of benzene rings is 1. The highest BCUT2D eigenvalue weighted by Crippen LogP contribution is 2.11. The van der Waals surface area contributed by atoms with E-state index in [0.29, 0.717) is 18.5 Å². The molecule has 1 heterocycles. The normalized spacial score (nSPS) is 13.0. The maximum absolute atomic E-state index is 4.26. The van der Waals surface area contributed by atoms with Gasteiger partial charge in [-0.3, -0.25) is 9.67 Å². The second-order valence-corrected chi connectivity index (χ2v) is 5.97. The van der Waals surface area contributed by atoms with E-state index in [1.807, 2.05) is 25.2 Å². The molecule has 0 aliphatic heterocycles. The Morgan fingerprint density at radius 3 is 2.54 bits per heavy atom. The summed E-state index contributed by atoms with van der Waals surface area (Å²) in [4.78, 5) is 8.46. The summed E-state index contributed by atoms with van der Waals surface area (Å²) in [7, 11) is 3.64. The van der Waals surface area contributed by atoms with Crippen LogP contribution in [0.2, 0.25) is 0 Å². The van der Waals surface area contributed by atoms with E-state index in [4.69, 9.17) is 0 Å². The molecule has 0 spiro atoms. The number of nitrogens with zero attached hydrogens (tertiary/aromatic N) is 4. The average molecular weight is 329 g/mol. The minimum Gasteiger partial charge on any atom is -0.380 e. The van der Waals surface area contributed by atoms with E-state index in [1.54, 1.807) is 18.1 Å². The van der Waals surface area contributed by atoms with Gasteiger partial charge in [0.15, 0.2) is 5.96 Å². The smallest absolute Gasteiger partial charge is 0.191 e. The minimum absolute atomic E-state index is 0.292. The highest BCUT2D eigenvalue weighted by atomic mass is 15.3. The summed E-state index contributed by atoms with van der Waals surface area (Å²) in [6, 6.07) is 10.5. The van der Waals surface area contributed by atoms with Gasteiger partial charge in [0.05, 0.1) is 6.54 Å². The van der Waals surface area contributed by atoms with Crippen LogP contribution in [-0.2, 0) is 13.6 Å². The van der Waals surface area contributed by atoms with Gasteiger partial charge in [0.25, 0.3) is 0 Å². The third kappa shape index (κ3) is 5.26. The fraction of sp³-hybridized carbons (Fsp3) is 0.471. The molecular weight excluding hydrogens is 302 g/mol. The maximum atomic E-state index is 4.26. The lowest BCUT2D eigenvalue weighted by Gasteiger charge is -2.25. The minimum atomic E-state index is 0.292. The number of aryl methyl sites for hydroxylation is 1. The molecule has 1 aromatic heterocycles. The predicted octanol–water partition coefficient (Wildman–Crippen LogP) is 1.62. The lowest BCUT2D eigenvalue weighted by molar-refractivity contribution is 0.512. The Morgan fingerprint density at radius 1 is 1.21 bits per heavy atom. The van der Waals surface area contributed by atoms with Gasteiger partial charge in [0.2, 0.25) is 0 Å². The molecule has 3 N–H and O–H groups in total. The van der Waals surface area contributed by atoms with E-state index >= 15 is 0 Å². The van der Waals surface area contributed by atoms with Gasteiger partial charge in [0, 0.05) is 32.4 Å². The second kappa shape index (κ2) is 8.90. The van der Waals surface area contributed by atoms with Crippen LogP contribution in [0.5, 0.6) is 0 Å². The summed E-state index contributed by atoms with van der Waals surface area (Å²) >= 11 is 0.